The molecule has 0 bridgehead atoms. The number of amides is 1. The molecule has 4 nitrogen and oxygen atoms in total. The highest BCUT2D eigenvalue weighted by atomic mass is 19.1. The first-order chi connectivity index (χ1) is 9.15. The lowest BCUT2D eigenvalue weighted by Crippen LogP contribution is -2.46. The van der Waals surface area contributed by atoms with E-state index in [4.69, 9.17) is 5.73 Å². The third kappa shape index (κ3) is 4.21. The van der Waals surface area contributed by atoms with Crippen molar-refractivity contribution in [3.05, 3.63) is 30.1 Å². The average Bonchev–Trinajstić information content (AvgIpc) is 2.40. The van der Waals surface area contributed by atoms with Gasteiger partial charge in [-0.1, -0.05) is 0 Å². The van der Waals surface area contributed by atoms with Gasteiger partial charge in [-0.2, -0.15) is 0 Å². The molecule has 0 radical (unpaired) electrons. The molecular weight excluding hydrogens is 245 g/mol. The normalized spacial score (nSPS) is 16.6. The van der Waals surface area contributed by atoms with E-state index in [0.29, 0.717) is 6.42 Å². The summed E-state index contributed by atoms with van der Waals surface area (Å²) in [6.07, 6.45) is 1.28. The zero-order valence-corrected chi connectivity index (χ0v) is 11.0. The number of rotatable bonds is 5. The number of hydrogen-bond donors (Lipinski definition) is 1. The van der Waals surface area contributed by atoms with Gasteiger partial charge in [0.1, 0.15) is 5.82 Å². The summed E-state index contributed by atoms with van der Waals surface area (Å²) in [5, 5.41) is 0. The van der Waals surface area contributed by atoms with Gasteiger partial charge in [-0.05, 0) is 37.2 Å². The number of hydrogen-bond acceptors (Lipinski definition) is 3. The van der Waals surface area contributed by atoms with E-state index in [-0.39, 0.29) is 11.7 Å². The number of nitrogens with zero attached hydrogens (tertiary/aromatic N) is 2. The van der Waals surface area contributed by atoms with E-state index >= 15 is 0 Å². The SMILES string of the molecule is NC(=O)CCCN1CCN(c2ccc(F)cc2)CC1. The molecule has 2 N–H and O–H groups in total. The molecule has 0 spiro atoms. The number of benzene rings is 1. The lowest BCUT2D eigenvalue weighted by molar-refractivity contribution is -0.118. The Morgan fingerprint density at radius 1 is 1.16 bits per heavy atom. The van der Waals surface area contributed by atoms with Crippen LogP contribution in [0, 0.1) is 5.82 Å². The molecule has 1 heterocycles. The van der Waals surface area contributed by atoms with Crippen molar-refractivity contribution in [2.24, 2.45) is 5.73 Å². The Kier molecular flexibility index (Phi) is 4.74. The Balaban J connectivity index is 1.76. The third-order valence-electron chi connectivity index (χ3n) is 3.46. The Morgan fingerprint density at radius 2 is 1.79 bits per heavy atom. The zero-order chi connectivity index (χ0) is 13.7. The smallest absolute Gasteiger partial charge is 0.217 e. The first kappa shape index (κ1) is 13.8. The quantitative estimate of drug-likeness (QED) is 0.870. The fraction of sp³-hybridized carbons (Fsp3) is 0.500. The van der Waals surface area contributed by atoms with E-state index in [9.17, 15) is 9.18 Å². The monoisotopic (exact) mass is 265 g/mol. The van der Waals surface area contributed by atoms with Gasteiger partial charge in [0.05, 0.1) is 0 Å². The van der Waals surface area contributed by atoms with E-state index in [1.807, 2.05) is 12.1 Å². The molecule has 1 saturated heterocycles. The standard InChI is InChI=1S/C14H20FN3O/c15-12-3-5-13(6-4-12)18-10-8-17(9-11-18)7-1-2-14(16)19/h3-6H,1-2,7-11H2,(H2,16,19). The van der Waals surface area contributed by atoms with Gasteiger partial charge in [0.2, 0.25) is 5.91 Å². The van der Waals surface area contributed by atoms with Gasteiger partial charge in [0.15, 0.2) is 0 Å². The summed E-state index contributed by atoms with van der Waals surface area (Å²) in [7, 11) is 0. The molecule has 1 fully saturated rings. The maximum atomic E-state index is 12.9. The Labute approximate surface area is 113 Å². The van der Waals surface area contributed by atoms with Crippen LogP contribution in [0.1, 0.15) is 12.8 Å². The van der Waals surface area contributed by atoms with Crippen LogP contribution in [0.15, 0.2) is 24.3 Å². The van der Waals surface area contributed by atoms with Gasteiger partial charge < -0.3 is 10.6 Å². The van der Waals surface area contributed by atoms with Crippen molar-refractivity contribution in [2.45, 2.75) is 12.8 Å². The molecule has 2 rings (SSSR count). The lowest BCUT2D eigenvalue weighted by atomic mass is 10.2. The van der Waals surface area contributed by atoms with E-state index in [0.717, 1.165) is 44.8 Å². The van der Waals surface area contributed by atoms with Gasteiger partial charge >= 0.3 is 0 Å². The fourth-order valence-corrected chi connectivity index (χ4v) is 2.36. The van der Waals surface area contributed by atoms with Crippen molar-refractivity contribution < 1.29 is 9.18 Å². The molecule has 104 valence electrons. The highest BCUT2D eigenvalue weighted by Gasteiger charge is 2.16. The minimum absolute atomic E-state index is 0.200. The summed E-state index contributed by atoms with van der Waals surface area (Å²) in [4.78, 5) is 15.3. The first-order valence-electron chi connectivity index (χ1n) is 6.66. The molecule has 1 aromatic carbocycles. The van der Waals surface area contributed by atoms with Crippen LogP contribution in [-0.4, -0.2) is 43.5 Å². The van der Waals surface area contributed by atoms with Crippen LogP contribution in [0.25, 0.3) is 0 Å². The molecule has 1 amide bonds. The average molecular weight is 265 g/mol. The van der Waals surface area contributed by atoms with Crippen molar-refractivity contribution >= 4 is 11.6 Å². The summed E-state index contributed by atoms with van der Waals surface area (Å²) < 4.78 is 12.9. The predicted molar refractivity (Wildman–Crippen MR) is 73.5 cm³/mol. The topological polar surface area (TPSA) is 49.6 Å². The third-order valence-corrected chi connectivity index (χ3v) is 3.46. The number of piperazine rings is 1. The van der Waals surface area contributed by atoms with Crippen LogP contribution >= 0.6 is 0 Å². The van der Waals surface area contributed by atoms with Crippen LogP contribution in [-0.2, 0) is 4.79 Å². The van der Waals surface area contributed by atoms with Crippen LogP contribution in [0.4, 0.5) is 10.1 Å². The number of carbonyl (C=O) groups is 1. The van der Waals surface area contributed by atoms with Gasteiger partial charge in [0.25, 0.3) is 0 Å². The molecule has 0 atom stereocenters. The summed E-state index contributed by atoms with van der Waals surface area (Å²) in [6.45, 7) is 4.72. The van der Waals surface area contributed by atoms with Gasteiger partial charge in [0, 0.05) is 38.3 Å². The van der Waals surface area contributed by atoms with Crippen molar-refractivity contribution in [1.82, 2.24) is 4.90 Å². The van der Waals surface area contributed by atoms with Gasteiger partial charge in [-0.25, -0.2) is 4.39 Å². The molecule has 1 aliphatic heterocycles. The Hall–Kier alpha value is -1.62. The second-order valence-corrected chi connectivity index (χ2v) is 4.87. The molecule has 1 aliphatic rings. The van der Waals surface area contributed by atoms with Crippen molar-refractivity contribution in [3.63, 3.8) is 0 Å². The van der Waals surface area contributed by atoms with Gasteiger partial charge in [-0.15, -0.1) is 0 Å². The summed E-state index contributed by atoms with van der Waals surface area (Å²) >= 11 is 0. The van der Waals surface area contributed by atoms with Crippen molar-refractivity contribution in [3.8, 4) is 0 Å². The highest BCUT2D eigenvalue weighted by Crippen LogP contribution is 2.16. The van der Waals surface area contributed by atoms with Crippen molar-refractivity contribution in [1.29, 1.82) is 0 Å². The molecule has 0 aromatic heterocycles. The highest BCUT2D eigenvalue weighted by molar-refractivity contribution is 5.73. The largest absolute Gasteiger partial charge is 0.370 e. The summed E-state index contributed by atoms with van der Waals surface area (Å²) in [5.74, 6) is -0.432. The summed E-state index contributed by atoms with van der Waals surface area (Å²) in [6, 6.07) is 6.62. The Bertz CT molecular complexity index is 413. The molecule has 5 heteroatoms. The number of anilines is 1. The molecule has 0 saturated carbocycles. The van der Waals surface area contributed by atoms with Crippen LogP contribution < -0.4 is 10.6 Å². The van der Waals surface area contributed by atoms with E-state index < -0.39 is 0 Å². The van der Waals surface area contributed by atoms with Crippen molar-refractivity contribution in [2.75, 3.05) is 37.6 Å². The minimum Gasteiger partial charge on any atom is -0.370 e. The van der Waals surface area contributed by atoms with Crippen LogP contribution in [0.2, 0.25) is 0 Å². The van der Waals surface area contributed by atoms with Crippen LogP contribution in [0.3, 0.4) is 0 Å². The van der Waals surface area contributed by atoms with Crippen LogP contribution in [0.5, 0.6) is 0 Å². The van der Waals surface area contributed by atoms with E-state index in [1.54, 1.807) is 0 Å². The fourth-order valence-electron chi connectivity index (χ4n) is 2.36. The molecule has 0 aliphatic carbocycles. The maximum absolute atomic E-state index is 12.9. The number of primary amides is 1. The number of nitrogens with two attached hydrogens (primary N) is 1. The predicted octanol–water partition coefficient (Wildman–Crippen LogP) is 1.21. The molecule has 0 unspecified atom stereocenters. The summed E-state index contributed by atoms with van der Waals surface area (Å²) in [5.41, 5.74) is 6.19. The first-order valence-corrected chi connectivity index (χ1v) is 6.66. The second-order valence-electron chi connectivity index (χ2n) is 4.87. The number of carbonyl (C=O) groups excluding carboxylic acids is 1. The number of halogens is 1. The Morgan fingerprint density at radius 3 is 2.37 bits per heavy atom. The molecular formula is C14H20FN3O. The van der Waals surface area contributed by atoms with Gasteiger partial charge in [-0.3, -0.25) is 9.69 Å². The molecule has 1 aromatic rings. The lowest BCUT2D eigenvalue weighted by Gasteiger charge is -2.36. The zero-order valence-electron chi connectivity index (χ0n) is 11.0. The second kappa shape index (κ2) is 6.52. The van der Waals surface area contributed by atoms with E-state index in [1.165, 1.54) is 12.1 Å². The maximum Gasteiger partial charge on any atom is 0.217 e. The molecule has 19 heavy (non-hydrogen) atoms. The minimum atomic E-state index is -0.232. The van der Waals surface area contributed by atoms with E-state index in [2.05, 4.69) is 9.80 Å².